The van der Waals surface area contributed by atoms with Gasteiger partial charge >= 0.3 is 12.4 Å². The topological polar surface area (TPSA) is 83.6 Å². The maximum absolute atomic E-state index is 14.4. The van der Waals surface area contributed by atoms with Gasteiger partial charge in [-0.05, 0) is 99.6 Å². The van der Waals surface area contributed by atoms with E-state index in [1.807, 2.05) is 62.3 Å². The Morgan fingerprint density at radius 1 is 0.528 bits per heavy atom. The third-order valence-corrected chi connectivity index (χ3v) is 8.50. The molecule has 2 aromatic carbocycles. The molecule has 0 unspecified atom stereocenters. The lowest BCUT2D eigenvalue weighted by Crippen LogP contribution is -2.27. The third-order valence-electron chi connectivity index (χ3n) is 8.50. The second-order valence-electron chi connectivity index (χ2n) is 16.1. The fourth-order valence-corrected chi connectivity index (χ4v) is 5.65. The zero-order valence-electron chi connectivity index (χ0n) is 31.3. The first-order chi connectivity index (χ1) is 24.2. The molecule has 0 saturated carbocycles. The van der Waals surface area contributed by atoms with Crippen LogP contribution in [-0.4, -0.2) is 11.6 Å². The normalized spacial score (nSPS) is 17.4. The van der Waals surface area contributed by atoms with Crippen molar-refractivity contribution in [1.82, 2.24) is 0 Å². The fraction of sp³-hybridized carbons (Fsp3) is 0.366. The molecule has 0 N–H and O–H groups in total. The highest BCUT2D eigenvalue weighted by atomic mass is 19.4. The summed E-state index contributed by atoms with van der Waals surface area (Å²) >= 11 is 0. The van der Waals surface area contributed by atoms with Gasteiger partial charge in [0.25, 0.3) is 0 Å². The first kappa shape index (κ1) is 40.8. The number of carbonyl (C=O) groups excluding carboxylic acids is 2. The number of hydrogen-bond acceptors (Lipinski definition) is 6. The van der Waals surface area contributed by atoms with Crippen LogP contribution in [0.1, 0.15) is 80.4 Å². The molecule has 0 heterocycles. The zero-order valence-corrected chi connectivity index (χ0v) is 31.3. The smallest absolute Gasteiger partial charge is 0.289 e. The Labute approximate surface area is 305 Å². The average molecular weight is 737 g/mol. The first-order valence-electron chi connectivity index (χ1n) is 16.8. The summed E-state index contributed by atoms with van der Waals surface area (Å²) in [7, 11) is 0. The maximum atomic E-state index is 14.4. The van der Waals surface area contributed by atoms with Crippen molar-refractivity contribution in [2.45, 2.75) is 81.6 Å². The minimum Gasteiger partial charge on any atom is -0.289 e. The van der Waals surface area contributed by atoms with Crippen molar-refractivity contribution in [2.75, 3.05) is 0 Å². The molecule has 0 amide bonds. The Balaban J connectivity index is 1.73. The highest BCUT2D eigenvalue weighted by Gasteiger charge is 2.42. The van der Waals surface area contributed by atoms with Crippen molar-refractivity contribution >= 4 is 22.9 Å². The molecule has 280 valence electrons. The highest BCUT2D eigenvalue weighted by molar-refractivity contribution is 6.12. The van der Waals surface area contributed by atoms with Gasteiger partial charge in [-0.2, -0.15) is 41.7 Å². The van der Waals surface area contributed by atoms with Crippen LogP contribution in [0.15, 0.2) is 127 Å². The molecular weight excluding hydrogens is 694 g/mol. The van der Waals surface area contributed by atoms with Crippen LogP contribution in [0.5, 0.6) is 0 Å². The van der Waals surface area contributed by atoms with Gasteiger partial charge in [0, 0.05) is 16.7 Å². The van der Waals surface area contributed by atoms with Gasteiger partial charge in [-0.15, -0.1) is 5.11 Å². The lowest BCUT2D eigenvalue weighted by atomic mass is 9.72. The van der Waals surface area contributed by atoms with E-state index in [1.165, 1.54) is 42.6 Å². The highest BCUT2D eigenvalue weighted by Crippen LogP contribution is 2.47. The number of allylic oxidation sites excluding steroid dienone is 10. The number of halogens is 6. The quantitative estimate of drug-likeness (QED) is 0.226. The number of hydrogen-bond donors (Lipinski definition) is 0. The average Bonchev–Trinajstić information content (AvgIpc) is 3.01. The number of benzene rings is 2. The fourth-order valence-electron chi connectivity index (χ4n) is 5.65. The molecule has 0 spiro atoms. The van der Waals surface area contributed by atoms with E-state index in [2.05, 4.69) is 20.5 Å². The lowest BCUT2D eigenvalue weighted by Gasteiger charge is -2.31. The van der Waals surface area contributed by atoms with E-state index < -0.39 is 45.4 Å². The van der Waals surface area contributed by atoms with Gasteiger partial charge in [0.1, 0.15) is 5.69 Å². The number of azo groups is 2. The number of alkyl halides is 6. The lowest BCUT2D eigenvalue weighted by molar-refractivity contribution is -0.142. The molecule has 4 rings (SSSR count). The van der Waals surface area contributed by atoms with E-state index >= 15 is 0 Å². The Bertz CT molecular complexity index is 1990. The van der Waals surface area contributed by atoms with E-state index in [0.29, 0.717) is 51.3 Å². The van der Waals surface area contributed by atoms with E-state index in [4.69, 9.17) is 0 Å². The number of carbonyl (C=O) groups is 2. The maximum Gasteiger partial charge on any atom is 0.418 e. The van der Waals surface area contributed by atoms with Crippen molar-refractivity contribution < 1.29 is 35.9 Å². The van der Waals surface area contributed by atoms with Crippen LogP contribution in [0, 0.1) is 16.2 Å². The Hall–Kier alpha value is -5.00. The molecule has 0 bridgehead atoms. The van der Waals surface area contributed by atoms with Gasteiger partial charge in [0.05, 0.1) is 29.2 Å². The minimum atomic E-state index is -5.22. The molecule has 0 atom stereocenters. The molecule has 2 aliphatic carbocycles. The van der Waals surface area contributed by atoms with Crippen LogP contribution in [0.2, 0.25) is 0 Å². The number of Topliss-reactive ketones (excluding diaryl/α,β-unsaturated/α-hetero) is 2. The van der Waals surface area contributed by atoms with Crippen LogP contribution >= 0.6 is 0 Å². The molecule has 0 aliphatic heterocycles. The van der Waals surface area contributed by atoms with Crippen LogP contribution in [0.3, 0.4) is 0 Å². The SMILES string of the molecule is CC1=C/C(=C\N=Nc2ccc(-c3cc(C(F)(F)F)c(N=NC=C4C=C(C(C)(C)C)C(=O)C(C(C)(C)C)=C4)c(C(F)(F)F)c3)cc2)C=C(C(C)(C)C)C1=O. The van der Waals surface area contributed by atoms with Crippen molar-refractivity contribution in [1.29, 1.82) is 0 Å². The van der Waals surface area contributed by atoms with Crippen molar-refractivity contribution in [2.24, 2.45) is 36.7 Å². The van der Waals surface area contributed by atoms with Crippen molar-refractivity contribution in [3.8, 4) is 11.1 Å². The van der Waals surface area contributed by atoms with Crippen LogP contribution in [-0.2, 0) is 21.9 Å². The van der Waals surface area contributed by atoms with Gasteiger partial charge < -0.3 is 0 Å². The number of ketones is 2. The van der Waals surface area contributed by atoms with Crippen LogP contribution in [0.4, 0.5) is 37.7 Å². The van der Waals surface area contributed by atoms with E-state index in [9.17, 15) is 35.9 Å². The molecule has 2 aromatic rings. The summed E-state index contributed by atoms with van der Waals surface area (Å²) in [6.07, 6.45) is -1.49. The molecule has 53 heavy (non-hydrogen) atoms. The number of nitrogens with zero attached hydrogens (tertiary/aromatic N) is 4. The first-order valence-corrected chi connectivity index (χ1v) is 16.8. The molecular formula is C41H42F6N4O2. The van der Waals surface area contributed by atoms with E-state index in [-0.39, 0.29) is 22.7 Å². The Morgan fingerprint density at radius 3 is 1.34 bits per heavy atom. The van der Waals surface area contributed by atoms with E-state index in [0.717, 1.165) is 6.20 Å². The Morgan fingerprint density at radius 2 is 0.925 bits per heavy atom. The van der Waals surface area contributed by atoms with Gasteiger partial charge in [-0.3, -0.25) is 9.59 Å². The molecule has 2 aliphatic rings. The molecule has 0 radical (unpaired) electrons. The minimum absolute atomic E-state index is 0.0598. The second-order valence-corrected chi connectivity index (χ2v) is 16.1. The molecule has 12 heteroatoms. The van der Waals surface area contributed by atoms with Gasteiger partial charge in [-0.25, -0.2) is 0 Å². The van der Waals surface area contributed by atoms with E-state index in [1.54, 1.807) is 19.1 Å². The predicted molar refractivity (Wildman–Crippen MR) is 193 cm³/mol. The molecule has 0 saturated heterocycles. The van der Waals surface area contributed by atoms with Gasteiger partial charge in [0.15, 0.2) is 11.6 Å². The summed E-state index contributed by atoms with van der Waals surface area (Å²) < 4.78 is 86.4. The number of rotatable bonds is 5. The molecule has 0 aromatic heterocycles. The summed E-state index contributed by atoms with van der Waals surface area (Å²) in [5.74, 6) is -0.255. The summed E-state index contributed by atoms with van der Waals surface area (Å²) in [6, 6.07) is 6.70. The molecule has 6 nitrogen and oxygen atoms in total. The standard InChI is InChI=1S/C41H42F6N4O2/c1-23-15-24(16-31(35(23)52)37(2,3)4)21-48-50-28-13-11-26(12-14-28)27-19-29(40(42,43)44)34(30(20-27)41(45,46)47)51-49-22-25-17-32(38(5,6)7)36(53)33(18-25)39(8,9)10/h11-22H,1-10H3/b24-21+,50-48?,51-49?. The third kappa shape index (κ3) is 9.71. The predicted octanol–water partition coefficient (Wildman–Crippen LogP) is 13.4. The summed E-state index contributed by atoms with van der Waals surface area (Å²) in [6.45, 7) is 18.4. The summed E-state index contributed by atoms with van der Waals surface area (Å²) in [5.41, 5.74) is -3.23. The van der Waals surface area contributed by atoms with Crippen molar-refractivity contribution in [3.63, 3.8) is 0 Å². The monoisotopic (exact) mass is 736 g/mol. The second kappa shape index (κ2) is 14.4. The van der Waals surface area contributed by atoms with Crippen LogP contribution < -0.4 is 0 Å². The Kier molecular flexibility index (Phi) is 11.1. The van der Waals surface area contributed by atoms with Crippen LogP contribution in [0.25, 0.3) is 11.1 Å². The molecule has 0 fully saturated rings. The van der Waals surface area contributed by atoms with Gasteiger partial charge in [0.2, 0.25) is 0 Å². The largest absolute Gasteiger partial charge is 0.418 e. The van der Waals surface area contributed by atoms with Crippen molar-refractivity contribution in [3.05, 3.63) is 118 Å². The summed E-state index contributed by atoms with van der Waals surface area (Å²) in [5, 5.41) is 15.3. The van der Waals surface area contributed by atoms with Gasteiger partial charge in [-0.1, -0.05) is 74.4 Å². The summed E-state index contributed by atoms with van der Waals surface area (Å²) in [4.78, 5) is 25.8. The zero-order chi connectivity index (χ0) is 39.9.